The standard InChI is InChI=1S/C4H8O3.C4H8O2.2H2/c1-6-3-4(5)7-2;1-3-4(5)6-2;;/h3H2,1-2H3;3H2,1-2H3;2*1H. The minimum absolute atomic E-state index is 0. The molecule has 0 N–H and O–H groups in total. The van der Waals surface area contributed by atoms with E-state index < -0.39 is 0 Å². The summed E-state index contributed by atoms with van der Waals surface area (Å²) < 4.78 is 12.9. The summed E-state index contributed by atoms with van der Waals surface area (Å²) in [6.45, 7) is 1.79. The topological polar surface area (TPSA) is 61.8 Å². The van der Waals surface area contributed by atoms with Crippen molar-refractivity contribution in [2.24, 2.45) is 0 Å². The zero-order chi connectivity index (χ0) is 10.7. The molecule has 0 heterocycles. The molecule has 0 fully saturated rings. The van der Waals surface area contributed by atoms with Crippen LogP contribution >= 0.6 is 0 Å². The number of carbonyl (C=O) groups excluding carboxylic acids is 2. The fraction of sp³-hybridized carbons (Fsp3) is 0.750. The molecule has 0 aliphatic rings. The smallest absolute Gasteiger partial charge is 0.331 e. The van der Waals surface area contributed by atoms with E-state index in [2.05, 4.69) is 14.2 Å². The highest BCUT2D eigenvalue weighted by molar-refractivity contribution is 5.70. The number of hydrogen-bond donors (Lipinski definition) is 0. The van der Waals surface area contributed by atoms with Gasteiger partial charge in [-0.05, 0) is 0 Å². The summed E-state index contributed by atoms with van der Waals surface area (Å²) in [5.41, 5.74) is 0. The molecule has 0 aromatic carbocycles. The van der Waals surface area contributed by atoms with Crippen LogP contribution in [-0.2, 0) is 23.8 Å². The Balaban J connectivity index is -0.0000000718. The lowest BCUT2D eigenvalue weighted by Gasteiger charge is -1.92. The first-order chi connectivity index (χ1) is 6.12. The zero-order valence-corrected chi connectivity index (χ0v) is 8.46. The second-order valence-corrected chi connectivity index (χ2v) is 1.94. The van der Waals surface area contributed by atoms with Crippen molar-refractivity contribution in [1.82, 2.24) is 0 Å². The highest BCUT2D eigenvalue weighted by Gasteiger charge is 1.93. The highest BCUT2D eigenvalue weighted by atomic mass is 16.6. The Hall–Kier alpha value is -1.10. The molecule has 0 saturated heterocycles. The SMILES string of the molecule is CCC(=O)OC.COCC(=O)OC.[HH].[HH]. The largest absolute Gasteiger partial charge is 0.469 e. The lowest BCUT2D eigenvalue weighted by atomic mass is 10.5. The molecule has 0 aromatic heterocycles. The molecular formula is C8H20O5. The third-order valence-electron chi connectivity index (χ3n) is 1.01. The van der Waals surface area contributed by atoms with Crippen LogP contribution in [0.2, 0.25) is 0 Å². The van der Waals surface area contributed by atoms with Crippen LogP contribution in [0.25, 0.3) is 0 Å². The molecule has 0 bridgehead atoms. The van der Waals surface area contributed by atoms with Gasteiger partial charge >= 0.3 is 11.9 Å². The molecule has 0 rings (SSSR count). The van der Waals surface area contributed by atoms with Crippen LogP contribution in [0.1, 0.15) is 16.2 Å². The molecule has 0 spiro atoms. The molecule has 0 radical (unpaired) electrons. The maximum Gasteiger partial charge on any atom is 0.331 e. The van der Waals surface area contributed by atoms with E-state index >= 15 is 0 Å². The Morgan fingerprint density at radius 3 is 1.62 bits per heavy atom. The van der Waals surface area contributed by atoms with Gasteiger partial charge in [-0.15, -0.1) is 0 Å². The number of methoxy groups -OCH3 is 3. The predicted octanol–water partition coefficient (Wildman–Crippen LogP) is 0.867. The molecule has 0 amide bonds. The average molecular weight is 196 g/mol. The van der Waals surface area contributed by atoms with Gasteiger partial charge in [0.1, 0.15) is 6.61 Å². The Kier molecular flexibility index (Phi) is 12.1. The van der Waals surface area contributed by atoms with Crippen LogP contribution in [0.3, 0.4) is 0 Å². The van der Waals surface area contributed by atoms with E-state index in [9.17, 15) is 9.59 Å². The molecule has 5 heteroatoms. The van der Waals surface area contributed by atoms with Crippen LogP contribution in [-0.4, -0.2) is 39.9 Å². The normalized spacial score (nSPS) is 8.00. The Morgan fingerprint density at radius 2 is 1.54 bits per heavy atom. The van der Waals surface area contributed by atoms with E-state index in [0.717, 1.165) is 0 Å². The van der Waals surface area contributed by atoms with Gasteiger partial charge in [0.25, 0.3) is 0 Å². The lowest BCUT2D eigenvalue weighted by molar-refractivity contribution is -0.144. The number of carbonyl (C=O) groups is 2. The Bertz CT molecular complexity index is 146. The Labute approximate surface area is 80.9 Å². The molecule has 0 saturated carbocycles. The van der Waals surface area contributed by atoms with E-state index in [-0.39, 0.29) is 21.4 Å². The van der Waals surface area contributed by atoms with Crippen molar-refractivity contribution < 1.29 is 26.7 Å². The molecule has 13 heavy (non-hydrogen) atoms. The summed E-state index contributed by atoms with van der Waals surface area (Å²) in [6, 6.07) is 0. The molecule has 0 aliphatic heterocycles. The van der Waals surface area contributed by atoms with Crippen molar-refractivity contribution in [3.05, 3.63) is 0 Å². The minimum atomic E-state index is -0.345. The number of hydrogen-bond acceptors (Lipinski definition) is 5. The molecule has 0 unspecified atom stereocenters. The van der Waals surface area contributed by atoms with Crippen molar-refractivity contribution in [2.45, 2.75) is 13.3 Å². The van der Waals surface area contributed by atoms with Crippen molar-refractivity contribution in [3.63, 3.8) is 0 Å². The summed E-state index contributed by atoms with van der Waals surface area (Å²) in [7, 11) is 4.14. The van der Waals surface area contributed by atoms with Gasteiger partial charge < -0.3 is 14.2 Å². The van der Waals surface area contributed by atoms with Gasteiger partial charge in [-0.1, -0.05) is 6.92 Å². The number of rotatable bonds is 3. The van der Waals surface area contributed by atoms with E-state index in [1.807, 2.05) is 0 Å². The first kappa shape index (κ1) is 14.4. The summed E-state index contributed by atoms with van der Waals surface area (Å²) in [5, 5.41) is 0. The van der Waals surface area contributed by atoms with Crippen LogP contribution in [0.4, 0.5) is 0 Å². The van der Waals surface area contributed by atoms with Crippen LogP contribution in [0.5, 0.6) is 0 Å². The van der Waals surface area contributed by atoms with Gasteiger partial charge in [-0.2, -0.15) is 0 Å². The maximum absolute atomic E-state index is 10.1. The van der Waals surface area contributed by atoms with Gasteiger partial charge in [0, 0.05) is 16.4 Å². The quantitative estimate of drug-likeness (QED) is 0.627. The van der Waals surface area contributed by atoms with Crippen molar-refractivity contribution in [1.29, 1.82) is 0 Å². The third kappa shape index (κ3) is 13.8. The first-order valence-corrected chi connectivity index (χ1v) is 3.74. The van der Waals surface area contributed by atoms with Crippen LogP contribution in [0, 0.1) is 0 Å². The lowest BCUT2D eigenvalue weighted by Crippen LogP contribution is -2.07. The van der Waals surface area contributed by atoms with E-state index in [0.29, 0.717) is 6.42 Å². The number of ether oxygens (including phenoxy) is 3. The summed E-state index contributed by atoms with van der Waals surface area (Å²) in [5.74, 6) is -0.502. The molecular weight excluding hydrogens is 176 g/mol. The van der Waals surface area contributed by atoms with Gasteiger partial charge in [0.05, 0.1) is 14.2 Å². The van der Waals surface area contributed by atoms with E-state index in [4.69, 9.17) is 0 Å². The summed E-state index contributed by atoms with van der Waals surface area (Å²) in [4.78, 5) is 20.0. The molecule has 82 valence electrons. The highest BCUT2D eigenvalue weighted by Crippen LogP contribution is 1.76. The average Bonchev–Trinajstić information content (AvgIpc) is 2.18. The summed E-state index contributed by atoms with van der Waals surface area (Å²) in [6.07, 6.45) is 0.469. The zero-order valence-electron chi connectivity index (χ0n) is 8.46. The minimum Gasteiger partial charge on any atom is -0.469 e. The third-order valence-corrected chi connectivity index (χ3v) is 1.01. The second-order valence-electron chi connectivity index (χ2n) is 1.94. The van der Waals surface area contributed by atoms with Gasteiger partial charge in [0.15, 0.2) is 0 Å². The summed E-state index contributed by atoms with van der Waals surface area (Å²) >= 11 is 0. The monoisotopic (exact) mass is 196 g/mol. The van der Waals surface area contributed by atoms with Crippen molar-refractivity contribution in [3.8, 4) is 0 Å². The predicted molar refractivity (Wildman–Crippen MR) is 50.4 cm³/mol. The fourth-order valence-corrected chi connectivity index (χ4v) is 0.321. The fourth-order valence-electron chi connectivity index (χ4n) is 0.321. The Morgan fingerprint density at radius 1 is 1.08 bits per heavy atom. The number of esters is 2. The molecule has 0 aliphatic carbocycles. The van der Waals surface area contributed by atoms with Crippen molar-refractivity contribution >= 4 is 11.9 Å². The second kappa shape index (κ2) is 10.9. The van der Waals surface area contributed by atoms with Crippen LogP contribution in [0.15, 0.2) is 0 Å². The van der Waals surface area contributed by atoms with E-state index in [1.165, 1.54) is 21.3 Å². The maximum atomic E-state index is 10.1. The van der Waals surface area contributed by atoms with Gasteiger partial charge in [0.2, 0.25) is 0 Å². The first-order valence-electron chi connectivity index (χ1n) is 3.74. The van der Waals surface area contributed by atoms with Crippen LogP contribution < -0.4 is 0 Å². The molecule has 5 nitrogen and oxygen atoms in total. The van der Waals surface area contributed by atoms with Gasteiger partial charge in [-0.25, -0.2) is 4.79 Å². The molecule has 0 atom stereocenters. The van der Waals surface area contributed by atoms with Gasteiger partial charge in [-0.3, -0.25) is 4.79 Å². The molecule has 0 aromatic rings. The van der Waals surface area contributed by atoms with Crippen molar-refractivity contribution in [2.75, 3.05) is 27.9 Å². The van der Waals surface area contributed by atoms with E-state index in [1.54, 1.807) is 6.92 Å².